The summed E-state index contributed by atoms with van der Waals surface area (Å²) in [6.45, 7) is 13.7. The van der Waals surface area contributed by atoms with Gasteiger partial charge in [0.1, 0.15) is 0 Å². The van der Waals surface area contributed by atoms with Crippen LogP contribution in [-0.4, -0.2) is 20.8 Å². The van der Waals surface area contributed by atoms with Gasteiger partial charge in [0, 0.05) is 21.6 Å². The van der Waals surface area contributed by atoms with Crippen molar-refractivity contribution in [3.8, 4) is 0 Å². The van der Waals surface area contributed by atoms with Gasteiger partial charge in [0.15, 0.2) is 0 Å². The van der Waals surface area contributed by atoms with Crippen molar-refractivity contribution in [2.45, 2.75) is 64.0 Å². The van der Waals surface area contributed by atoms with E-state index in [0.717, 1.165) is 13.0 Å². The van der Waals surface area contributed by atoms with Gasteiger partial charge in [0.2, 0.25) is 0 Å². The highest BCUT2D eigenvalue weighted by Crippen LogP contribution is 2.31. The summed E-state index contributed by atoms with van der Waals surface area (Å²) < 4.78 is 12.9. The Bertz CT molecular complexity index is 436. The standard InChI is InChI=1S/C18H31NOS/c1-7-13-19-16(15-11-9-8-10-12-15)17(14(2)3)21(20)18(4,5)6/h8-12,14,16-17,19H,7,13H2,1-6H3. The van der Waals surface area contributed by atoms with Crippen molar-refractivity contribution in [2.24, 2.45) is 5.92 Å². The van der Waals surface area contributed by atoms with Crippen molar-refractivity contribution in [2.75, 3.05) is 6.54 Å². The minimum Gasteiger partial charge on any atom is -0.309 e. The molecule has 1 aromatic carbocycles. The van der Waals surface area contributed by atoms with Gasteiger partial charge in [0.05, 0.1) is 5.25 Å². The molecule has 0 bridgehead atoms. The quantitative estimate of drug-likeness (QED) is 0.813. The zero-order valence-electron chi connectivity index (χ0n) is 14.3. The first kappa shape index (κ1) is 18.4. The summed E-state index contributed by atoms with van der Waals surface area (Å²) in [5.41, 5.74) is 1.24. The monoisotopic (exact) mass is 309 g/mol. The average molecular weight is 310 g/mol. The predicted octanol–water partition coefficient (Wildman–Crippen LogP) is 4.30. The summed E-state index contributed by atoms with van der Waals surface area (Å²) >= 11 is 0. The molecule has 120 valence electrons. The van der Waals surface area contributed by atoms with Crippen LogP contribution in [-0.2, 0) is 10.8 Å². The number of hydrogen-bond acceptors (Lipinski definition) is 2. The Labute approximate surface area is 133 Å². The smallest absolute Gasteiger partial charge is 0.0571 e. The second kappa shape index (κ2) is 8.09. The third-order valence-electron chi connectivity index (χ3n) is 3.61. The third kappa shape index (κ3) is 5.23. The summed E-state index contributed by atoms with van der Waals surface area (Å²) in [6.07, 6.45) is 1.08. The molecule has 1 N–H and O–H groups in total. The van der Waals surface area contributed by atoms with E-state index in [0.29, 0.717) is 5.92 Å². The van der Waals surface area contributed by atoms with Crippen LogP contribution < -0.4 is 5.32 Å². The van der Waals surface area contributed by atoms with Gasteiger partial charge < -0.3 is 5.32 Å². The molecule has 3 heteroatoms. The van der Waals surface area contributed by atoms with Crippen molar-refractivity contribution in [3.05, 3.63) is 35.9 Å². The van der Waals surface area contributed by atoms with E-state index in [4.69, 9.17) is 0 Å². The van der Waals surface area contributed by atoms with Gasteiger partial charge in [-0.1, -0.05) is 51.1 Å². The van der Waals surface area contributed by atoms with Gasteiger partial charge in [-0.2, -0.15) is 0 Å². The maximum Gasteiger partial charge on any atom is 0.0571 e. The fourth-order valence-corrected chi connectivity index (χ4v) is 4.36. The van der Waals surface area contributed by atoms with Crippen molar-refractivity contribution >= 4 is 10.8 Å². The Morgan fingerprint density at radius 2 is 1.71 bits per heavy atom. The van der Waals surface area contributed by atoms with Crippen LogP contribution in [0.25, 0.3) is 0 Å². The van der Waals surface area contributed by atoms with Gasteiger partial charge in [-0.05, 0) is 45.2 Å². The summed E-state index contributed by atoms with van der Waals surface area (Å²) in [5.74, 6) is 0.361. The number of hydrogen-bond donors (Lipinski definition) is 1. The van der Waals surface area contributed by atoms with E-state index in [9.17, 15) is 4.21 Å². The van der Waals surface area contributed by atoms with Crippen LogP contribution in [0.3, 0.4) is 0 Å². The molecule has 1 aromatic rings. The van der Waals surface area contributed by atoms with E-state index < -0.39 is 10.8 Å². The minimum atomic E-state index is -0.902. The second-order valence-electron chi connectivity index (χ2n) is 6.96. The van der Waals surface area contributed by atoms with Crippen LogP contribution in [0.15, 0.2) is 30.3 Å². The highest BCUT2D eigenvalue weighted by Gasteiger charge is 2.36. The number of rotatable bonds is 7. The predicted molar refractivity (Wildman–Crippen MR) is 94.0 cm³/mol. The molecule has 2 nitrogen and oxygen atoms in total. The van der Waals surface area contributed by atoms with E-state index in [-0.39, 0.29) is 16.0 Å². The lowest BCUT2D eigenvalue weighted by atomic mass is 9.96. The fraction of sp³-hybridized carbons (Fsp3) is 0.667. The molecule has 1 rings (SSSR count). The normalized spacial score (nSPS) is 16.7. The first-order chi connectivity index (χ1) is 9.79. The molecule has 0 saturated heterocycles. The molecule has 3 atom stereocenters. The Balaban J connectivity index is 3.16. The van der Waals surface area contributed by atoms with Crippen LogP contribution in [0.1, 0.15) is 59.6 Å². The Morgan fingerprint density at radius 1 is 1.14 bits per heavy atom. The fourth-order valence-electron chi connectivity index (χ4n) is 2.55. The van der Waals surface area contributed by atoms with E-state index in [2.05, 4.69) is 71.1 Å². The number of benzene rings is 1. The topological polar surface area (TPSA) is 29.1 Å². The summed E-state index contributed by atoms with van der Waals surface area (Å²) in [6, 6.07) is 10.6. The van der Waals surface area contributed by atoms with Gasteiger partial charge in [-0.3, -0.25) is 4.21 Å². The Morgan fingerprint density at radius 3 is 2.14 bits per heavy atom. The van der Waals surface area contributed by atoms with E-state index in [1.54, 1.807) is 0 Å². The van der Waals surface area contributed by atoms with Gasteiger partial charge in [0.25, 0.3) is 0 Å². The maximum atomic E-state index is 13.1. The molecule has 0 radical (unpaired) electrons. The van der Waals surface area contributed by atoms with Crippen molar-refractivity contribution in [1.82, 2.24) is 5.32 Å². The van der Waals surface area contributed by atoms with Crippen molar-refractivity contribution in [3.63, 3.8) is 0 Å². The minimum absolute atomic E-state index is 0.110. The first-order valence-electron chi connectivity index (χ1n) is 7.98. The summed E-state index contributed by atoms with van der Waals surface area (Å²) in [5, 5.41) is 3.74. The van der Waals surface area contributed by atoms with Crippen LogP contribution in [0, 0.1) is 5.92 Å². The molecule has 3 unspecified atom stereocenters. The molecular formula is C18H31NOS. The lowest BCUT2D eigenvalue weighted by Gasteiger charge is -2.35. The van der Waals surface area contributed by atoms with E-state index in [1.807, 2.05) is 6.07 Å². The highest BCUT2D eigenvalue weighted by atomic mass is 32.2. The molecule has 0 spiro atoms. The van der Waals surface area contributed by atoms with Gasteiger partial charge >= 0.3 is 0 Å². The molecule has 0 aliphatic rings. The average Bonchev–Trinajstić information content (AvgIpc) is 2.42. The zero-order chi connectivity index (χ0) is 16.0. The maximum absolute atomic E-state index is 13.1. The Hall–Kier alpha value is -0.670. The molecule has 0 aromatic heterocycles. The molecular weight excluding hydrogens is 278 g/mol. The lowest BCUT2D eigenvalue weighted by Crippen LogP contribution is -2.44. The molecule has 0 aliphatic heterocycles. The van der Waals surface area contributed by atoms with Crippen LogP contribution in [0.2, 0.25) is 0 Å². The molecule has 21 heavy (non-hydrogen) atoms. The SMILES string of the molecule is CCCNC(c1ccccc1)C(C(C)C)S(=O)C(C)(C)C. The molecule has 0 heterocycles. The summed E-state index contributed by atoms with van der Waals surface area (Å²) in [7, 11) is -0.902. The van der Waals surface area contributed by atoms with Crippen LogP contribution in [0.5, 0.6) is 0 Å². The van der Waals surface area contributed by atoms with E-state index in [1.165, 1.54) is 5.56 Å². The van der Waals surface area contributed by atoms with Crippen molar-refractivity contribution in [1.29, 1.82) is 0 Å². The summed E-state index contributed by atoms with van der Waals surface area (Å²) in [4.78, 5) is 0. The molecule has 0 aliphatic carbocycles. The first-order valence-corrected chi connectivity index (χ1v) is 9.19. The van der Waals surface area contributed by atoms with Crippen LogP contribution in [0.4, 0.5) is 0 Å². The number of nitrogens with one attached hydrogen (secondary N) is 1. The van der Waals surface area contributed by atoms with E-state index >= 15 is 0 Å². The molecule has 0 fully saturated rings. The van der Waals surface area contributed by atoms with Gasteiger partial charge in [-0.15, -0.1) is 0 Å². The van der Waals surface area contributed by atoms with Crippen molar-refractivity contribution < 1.29 is 4.21 Å². The van der Waals surface area contributed by atoms with Crippen LogP contribution >= 0.6 is 0 Å². The largest absolute Gasteiger partial charge is 0.309 e. The molecule has 0 saturated carbocycles. The zero-order valence-corrected chi connectivity index (χ0v) is 15.2. The Kier molecular flexibility index (Phi) is 7.08. The lowest BCUT2D eigenvalue weighted by molar-refractivity contribution is 0.430. The third-order valence-corrected chi connectivity index (χ3v) is 6.13. The van der Waals surface area contributed by atoms with Gasteiger partial charge in [-0.25, -0.2) is 0 Å². The highest BCUT2D eigenvalue weighted by molar-refractivity contribution is 7.87. The molecule has 0 amide bonds. The second-order valence-corrected chi connectivity index (χ2v) is 9.32.